The molecule has 4 aromatic rings. The van der Waals surface area contributed by atoms with Gasteiger partial charge >= 0.3 is 0 Å². The van der Waals surface area contributed by atoms with E-state index in [1.165, 1.54) is 12.1 Å². The van der Waals surface area contributed by atoms with Crippen LogP contribution < -0.4 is 5.32 Å². The van der Waals surface area contributed by atoms with E-state index in [1.807, 2.05) is 49.4 Å². The molecule has 0 aliphatic carbocycles. The van der Waals surface area contributed by atoms with E-state index < -0.39 is 5.82 Å². The Balaban J connectivity index is 1.68. The van der Waals surface area contributed by atoms with Gasteiger partial charge in [0.05, 0.1) is 12.1 Å². The Morgan fingerprint density at radius 1 is 1.13 bits per heavy atom. The number of aryl methyl sites for hydroxylation is 1. The molecule has 1 heterocycles. The van der Waals surface area contributed by atoms with Gasteiger partial charge in [-0.25, -0.2) is 4.39 Å². The number of nitrogens with one attached hydrogen (secondary N) is 1. The molecule has 0 aliphatic rings. The minimum absolute atomic E-state index is 0.0410. The number of aromatic hydroxyl groups is 1. The van der Waals surface area contributed by atoms with Gasteiger partial charge in [0.1, 0.15) is 5.82 Å². The molecule has 4 rings (SSSR count). The van der Waals surface area contributed by atoms with E-state index in [2.05, 4.69) is 15.5 Å². The molecule has 0 spiro atoms. The summed E-state index contributed by atoms with van der Waals surface area (Å²) in [5.74, 6) is -0.598. The first kappa shape index (κ1) is 21.0. The van der Waals surface area contributed by atoms with Crippen molar-refractivity contribution in [2.45, 2.75) is 13.5 Å². The van der Waals surface area contributed by atoms with Crippen LogP contribution in [0.3, 0.4) is 0 Å². The first-order valence-electron chi connectivity index (χ1n) is 9.46. The number of halogens is 2. The number of hydrogen-bond acceptors (Lipinski definition) is 3. The summed E-state index contributed by atoms with van der Waals surface area (Å²) in [6.45, 7) is 2.02. The Morgan fingerprint density at radius 2 is 1.90 bits per heavy atom. The van der Waals surface area contributed by atoms with Crippen molar-refractivity contribution in [3.8, 4) is 5.88 Å². The van der Waals surface area contributed by atoms with Crippen molar-refractivity contribution in [1.29, 1.82) is 0 Å². The fraction of sp³-hybridized carbons (Fsp3) is 0.0870. The fourth-order valence-electron chi connectivity index (χ4n) is 3.34. The van der Waals surface area contributed by atoms with Crippen LogP contribution in [0.2, 0.25) is 5.02 Å². The van der Waals surface area contributed by atoms with Crippen molar-refractivity contribution in [3.63, 3.8) is 0 Å². The molecular weight excluding hydrogens is 435 g/mol. The zero-order valence-corrected chi connectivity index (χ0v) is 18.1. The standard InChI is InChI=1S/C23H18ClFN4OS/c1-14-6-4-7-15(12-14)26-23(31)28-27-21-16-8-2-3-11-20(16)29(22(21)30)13-17-18(24)9-5-10-19(17)25/h2-12,30H,13H2,1H3,(H,26,31). The van der Waals surface area contributed by atoms with E-state index in [0.29, 0.717) is 10.9 Å². The average molecular weight is 453 g/mol. The molecule has 2 N–H and O–H groups in total. The zero-order valence-electron chi connectivity index (χ0n) is 16.5. The van der Waals surface area contributed by atoms with Crippen LogP contribution in [-0.2, 0) is 6.54 Å². The van der Waals surface area contributed by atoms with E-state index in [-0.39, 0.29) is 33.8 Å². The van der Waals surface area contributed by atoms with E-state index in [0.717, 1.165) is 11.3 Å². The highest BCUT2D eigenvalue weighted by atomic mass is 35.5. The minimum atomic E-state index is -0.448. The lowest BCUT2D eigenvalue weighted by atomic mass is 10.2. The average Bonchev–Trinajstić information content (AvgIpc) is 3.00. The van der Waals surface area contributed by atoms with Gasteiger partial charge in [-0.1, -0.05) is 48.0 Å². The first-order chi connectivity index (χ1) is 14.9. The number of aromatic nitrogens is 1. The van der Waals surface area contributed by atoms with Gasteiger partial charge in [0.15, 0.2) is 5.69 Å². The lowest BCUT2D eigenvalue weighted by Gasteiger charge is -2.09. The third-order valence-electron chi connectivity index (χ3n) is 4.81. The number of benzene rings is 3. The Morgan fingerprint density at radius 3 is 2.68 bits per heavy atom. The summed E-state index contributed by atoms with van der Waals surface area (Å²) in [5, 5.41) is 23.2. The zero-order chi connectivity index (χ0) is 22.0. The van der Waals surface area contributed by atoms with Crippen LogP contribution >= 0.6 is 23.8 Å². The predicted octanol–water partition coefficient (Wildman–Crippen LogP) is 6.98. The Hall–Kier alpha value is -3.29. The molecule has 31 heavy (non-hydrogen) atoms. The second-order valence-corrected chi connectivity index (χ2v) is 7.77. The third-order valence-corrected chi connectivity index (χ3v) is 5.34. The van der Waals surface area contributed by atoms with Crippen LogP contribution in [0.5, 0.6) is 5.88 Å². The molecule has 0 unspecified atom stereocenters. The minimum Gasteiger partial charge on any atom is -0.493 e. The Kier molecular flexibility index (Phi) is 5.97. The van der Waals surface area contributed by atoms with Crippen molar-refractivity contribution >= 4 is 51.2 Å². The Bertz CT molecular complexity index is 1300. The topological polar surface area (TPSA) is 61.9 Å². The molecular formula is C23H18ClFN4OS. The third kappa shape index (κ3) is 4.42. The quantitative estimate of drug-likeness (QED) is 0.259. The van der Waals surface area contributed by atoms with Gasteiger partial charge in [-0.15, -0.1) is 10.2 Å². The number of nitrogens with zero attached hydrogens (tertiary/aromatic N) is 3. The first-order valence-corrected chi connectivity index (χ1v) is 10.2. The summed E-state index contributed by atoms with van der Waals surface area (Å²) < 4.78 is 15.9. The SMILES string of the molecule is Cc1cccc(NC(=S)N=Nc2c(O)n(Cc3c(F)cccc3Cl)c3ccccc23)c1. The molecule has 3 aromatic carbocycles. The maximum absolute atomic E-state index is 14.3. The van der Waals surface area contributed by atoms with E-state index in [4.69, 9.17) is 23.8 Å². The number of para-hydroxylation sites is 1. The highest BCUT2D eigenvalue weighted by Crippen LogP contribution is 2.40. The molecule has 0 atom stereocenters. The molecule has 0 bridgehead atoms. The smallest absolute Gasteiger partial charge is 0.221 e. The second kappa shape index (κ2) is 8.83. The fourth-order valence-corrected chi connectivity index (χ4v) is 3.72. The number of azo groups is 1. The van der Waals surface area contributed by atoms with E-state index in [9.17, 15) is 9.50 Å². The van der Waals surface area contributed by atoms with Gasteiger partial charge in [0.25, 0.3) is 0 Å². The van der Waals surface area contributed by atoms with Gasteiger partial charge in [-0.2, -0.15) is 0 Å². The maximum Gasteiger partial charge on any atom is 0.221 e. The molecule has 0 fully saturated rings. The van der Waals surface area contributed by atoms with Crippen LogP contribution in [0.25, 0.3) is 10.9 Å². The number of anilines is 1. The highest BCUT2D eigenvalue weighted by molar-refractivity contribution is 7.80. The lowest BCUT2D eigenvalue weighted by molar-refractivity contribution is 0.428. The van der Waals surface area contributed by atoms with Crippen LogP contribution in [0.4, 0.5) is 15.8 Å². The van der Waals surface area contributed by atoms with E-state index >= 15 is 0 Å². The predicted molar refractivity (Wildman–Crippen MR) is 126 cm³/mol. The van der Waals surface area contributed by atoms with Gasteiger partial charge in [0.2, 0.25) is 11.0 Å². The van der Waals surface area contributed by atoms with E-state index in [1.54, 1.807) is 16.7 Å². The monoisotopic (exact) mass is 452 g/mol. The van der Waals surface area contributed by atoms with Crippen LogP contribution in [-0.4, -0.2) is 14.8 Å². The molecule has 0 radical (unpaired) electrons. The molecule has 0 saturated carbocycles. The summed E-state index contributed by atoms with van der Waals surface area (Å²) >= 11 is 11.4. The lowest BCUT2D eigenvalue weighted by Crippen LogP contribution is -2.04. The van der Waals surface area contributed by atoms with Gasteiger partial charge in [0, 0.05) is 21.7 Å². The van der Waals surface area contributed by atoms with Crippen LogP contribution in [0.15, 0.2) is 77.0 Å². The van der Waals surface area contributed by atoms with Gasteiger partial charge in [-0.3, -0.25) is 0 Å². The van der Waals surface area contributed by atoms with Crippen molar-refractivity contribution in [3.05, 3.63) is 88.7 Å². The van der Waals surface area contributed by atoms with Crippen molar-refractivity contribution in [2.24, 2.45) is 10.2 Å². The number of thiocarbonyl (C=S) groups is 1. The molecule has 156 valence electrons. The molecule has 5 nitrogen and oxygen atoms in total. The maximum atomic E-state index is 14.3. The summed E-state index contributed by atoms with van der Waals surface area (Å²) in [4.78, 5) is 0. The molecule has 0 saturated heterocycles. The molecule has 0 amide bonds. The molecule has 0 aliphatic heterocycles. The summed E-state index contributed by atoms with van der Waals surface area (Å²) in [6.07, 6.45) is 0. The van der Waals surface area contributed by atoms with Crippen molar-refractivity contribution in [1.82, 2.24) is 4.57 Å². The Labute approximate surface area is 188 Å². The van der Waals surface area contributed by atoms with Crippen molar-refractivity contribution < 1.29 is 9.50 Å². The van der Waals surface area contributed by atoms with Crippen LogP contribution in [0, 0.1) is 12.7 Å². The summed E-state index contributed by atoms with van der Waals surface area (Å²) in [6, 6.07) is 19.4. The second-order valence-electron chi connectivity index (χ2n) is 6.98. The largest absolute Gasteiger partial charge is 0.493 e. The van der Waals surface area contributed by atoms with Crippen molar-refractivity contribution in [2.75, 3.05) is 5.32 Å². The normalized spacial score (nSPS) is 11.3. The number of fused-ring (bicyclic) bond motifs is 1. The van der Waals surface area contributed by atoms with Gasteiger partial charge < -0.3 is 15.0 Å². The summed E-state index contributed by atoms with van der Waals surface area (Å²) in [7, 11) is 0. The molecule has 8 heteroatoms. The molecule has 1 aromatic heterocycles. The number of hydrogen-bond donors (Lipinski definition) is 2. The highest BCUT2D eigenvalue weighted by Gasteiger charge is 2.19. The number of rotatable bonds is 4. The summed E-state index contributed by atoms with van der Waals surface area (Å²) in [5.41, 5.74) is 3.07. The van der Waals surface area contributed by atoms with Crippen LogP contribution in [0.1, 0.15) is 11.1 Å². The van der Waals surface area contributed by atoms with Gasteiger partial charge in [-0.05, 0) is 55.0 Å².